The fourth-order valence-corrected chi connectivity index (χ4v) is 2.18. The minimum atomic E-state index is -0.544. The molecule has 0 saturated heterocycles. The Labute approximate surface area is 134 Å². The summed E-state index contributed by atoms with van der Waals surface area (Å²) in [6.45, 7) is 0.700. The lowest BCUT2D eigenvalue weighted by Gasteiger charge is -2.13. The number of amides is 1. The number of carbonyl (C=O) groups is 1. The quantitative estimate of drug-likeness (QED) is 0.923. The van der Waals surface area contributed by atoms with Crippen molar-refractivity contribution in [2.75, 3.05) is 18.5 Å². The molecule has 0 unspecified atom stereocenters. The summed E-state index contributed by atoms with van der Waals surface area (Å²) in [4.78, 5) is 11.9. The van der Waals surface area contributed by atoms with Crippen LogP contribution < -0.4 is 5.32 Å². The number of ether oxygens (including phenoxy) is 2. The second-order valence-corrected chi connectivity index (χ2v) is 5.04. The molecular formula is C13H9Cl2N3O4. The lowest BCUT2D eigenvalue weighted by atomic mass is 10.2. The van der Waals surface area contributed by atoms with Crippen LogP contribution in [0.3, 0.4) is 0 Å². The smallest absolute Gasteiger partial charge is 0.322 e. The maximum atomic E-state index is 11.9. The van der Waals surface area contributed by atoms with Crippen molar-refractivity contribution in [3.63, 3.8) is 0 Å². The summed E-state index contributed by atoms with van der Waals surface area (Å²) >= 11 is 11.9. The molecule has 1 aliphatic heterocycles. The predicted octanol–water partition coefficient (Wildman–Crippen LogP) is 2.87. The van der Waals surface area contributed by atoms with E-state index in [1.165, 1.54) is 6.26 Å². The van der Waals surface area contributed by atoms with Gasteiger partial charge in [0.1, 0.15) is 19.5 Å². The van der Waals surface area contributed by atoms with Gasteiger partial charge in [0, 0.05) is 5.02 Å². The van der Waals surface area contributed by atoms with Crippen LogP contribution in [-0.4, -0.2) is 29.3 Å². The van der Waals surface area contributed by atoms with Crippen LogP contribution in [0.15, 0.2) is 34.6 Å². The third-order valence-electron chi connectivity index (χ3n) is 2.68. The highest BCUT2D eigenvalue weighted by atomic mass is 35.5. The van der Waals surface area contributed by atoms with E-state index in [1.807, 2.05) is 0 Å². The molecule has 1 aromatic carbocycles. The van der Waals surface area contributed by atoms with Crippen LogP contribution in [0.5, 0.6) is 0 Å². The van der Waals surface area contributed by atoms with E-state index in [4.69, 9.17) is 37.1 Å². The van der Waals surface area contributed by atoms with Crippen LogP contribution in [0.2, 0.25) is 10.0 Å². The van der Waals surface area contributed by atoms with Crippen molar-refractivity contribution in [3.8, 4) is 11.5 Å². The predicted molar refractivity (Wildman–Crippen MR) is 78.4 cm³/mol. The standard InChI is InChI=1S/C13H9Cl2N3O4/c14-7-1-2-8(9(15)5-7)12-17-18-13(22-12)16-11(19)10-6-20-3-4-21-10/h1-2,5-6H,3-4H2,(H,16,18,19). The van der Waals surface area contributed by atoms with Crippen molar-refractivity contribution in [3.05, 3.63) is 40.3 Å². The Balaban J connectivity index is 1.76. The van der Waals surface area contributed by atoms with Gasteiger partial charge in [0.2, 0.25) is 5.76 Å². The molecule has 114 valence electrons. The zero-order chi connectivity index (χ0) is 15.5. The van der Waals surface area contributed by atoms with E-state index in [9.17, 15) is 4.79 Å². The van der Waals surface area contributed by atoms with Gasteiger partial charge in [-0.2, -0.15) is 0 Å². The van der Waals surface area contributed by atoms with E-state index >= 15 is 0 Å². The van der Waals surface area contributed by atoms with Crippen molar-refractivity contribution in [1.82, 2.24) is 10.2 Å². The van der Waals surface area contributed by atoms with Gasteiger partial charge in [-0.05, 0) is 18.2 Å². The Kier molecular flexibility index (Phi) is 4.17. The number of nitrogens with zero attached hydrogens (tertiary/aromatic N) is 2. The Morgan fingerprint density at radius 2 is 2.09 bits per heavy atom. The normalized spacial score (nSPS) is 13.8. The van der Waals surface area contributed by atoms with E-state index in [0.29, 0.717) is 28.8 Å². The first kappa shape index (κ1) is 14.7. The molecule has 0 aliphatic carbocycles. The van der Waals surface area contributed by atoms with E-state index in [2.05, 4.69) is 15.5 Å². The van der Waals surface area contributed by atoms with Gasteiger partial charge in [-0.15, -0.1) is 5.10 Å². The summed E-state index contributed by atoms with van der Waals surface area (Å²) in [6.07, 6.45) is 1.23. The molecule has 2 heterocycles. The summed E-state index contributed by atoms with van der Waals surface area (Å²) in [5.41, 5.74) is 0.510. The van der Waals surface area contributed by atoms with E-state index in [0.717, 1.165) is 0 Å². The molecule has 0 spiro atoms. The van der Waals surface area contributed by atoms with E-state index < -0.39 is 5.91 Å². The Hall–Kier alpha value is -2.25. The first-order valence-corrected chi connectivity index (χ1v) is 6.94. The molecule has 0 fully saturated rings. The Morgan fingerprint density at radius 3 is 2.82 bits per heavy atom. The lowest BCUT2D eigenvalue weighted by molar-refractivity contribution is -0.117. The topological polar surface area (TPSA) is 86.5 Å². The fourth-order valence-electron chi connectivity index (χ4n) is 1.69. The molecule has 0 saturated carbocycles. The fraction of sp³-hybridized carbons (Fsp3) is 0.154. The minimum absolute atomic E-state index is 0.0375. The second kappa shape index (κ2) is 6.25. The molecule has 0 atom stereocenters. The lowest BCUT2D eigenvalue weighted by Crippen LogP contribution is -2.21. The van der Waals surface area contributed by atoms with Crippen LogP contribution in [-0.2, 0) is 14.3 Å². The highest BCUT2D eigenvalue weighted by molar-refractivity contribution is 6.36. The van der Waals surface area contributed by atoms with Crippen molar-refractivity contribution >= 4 is 35.1 Å². The van der Waals surface area contributed by atoms with Crippen molar-refractivity contribution in [2.45, 2.75) is 0 Å². The van der Waals surface area contributed by atoms with Crippen LogP contribution in [0.25, 0.3) is 11.5 Å². The largest absolute Gasteiger partial charge is 0.494 e. The number of benzene rings is 1. The molecule has 1 amide bonds. The molecule has 2 aromatic rings. The molecule has 22 heavy (non-hydrogen) atoms. The minimum Gasteiger partial charge on any atom is -0.494 e. The summed E-state index contributed by atoms with van der Waals surface area (Å²) < 4.78 is 15.5. The van der Waals surface area contributed by atoms with Gasteiger partial charge in [0.25, 0.3) is 11.8 Å². The number of rotatable bonds is 3. The van der Waals surface area contributed by atoms with Crippen molar-refractivity contribution < 1.29 is 18.7 Å². The zero-order valence-corrected chi connectivity index (χ0v) is 12.5. The average molecular weight is 342 g/mol. The van der Waals surface area contributed by atoms with Gasteiger partial charge in [-0.1, -0.05) is 28.3 Å². The molecule has 3 rings (SSSR count). The molecule has 1 aliphatic rings. The number of halogens is 2. The first-order valence-electron chi connectivity index (χ1n) is 6.18. The summed E-state index contributed by atoms with van der Waals surface area (Å²) in [6, 6.07) is 4.76. The SMILES string of the molecule is O=C(Nc1nnc(-c2ccc(Cl)cc2Cl)o1)C1=COCCO1. The van der Waals surface area contributed by atoms with Gasteiger partial charge < -0.3 is 13.9 Å². The Bertz CT molecular complexity index is 745. The molecule has 7 nitrogen and oxygen atoms in total. The van der Waals surface area contributed by atoms with Gasteiger partial charge in [-0.25, -0.2) is 0 Å². The van der Waals surface area contributed by atoms with E-state index in [1.54, 1.807) is 18.2 Å². The number of hydrogen-bond donors (Lipinski definition) is 1. The number of hydrogen-bond acceptors (Lipinski definition) is 6. The van der Waals surface area contributed by atoms with Gasteiger partial charge in [-0.3, -0.25) is 10.1 Å². The molecule has 1 aromatic heterocycles. The first-order chi connectivity index (χ1) is 10.6. The number of nitrogens with one attached hydrogen (secondary N) is 1. The molecule has 0 bridgehead atoms. The highest BCUT2D eigenvalue weighted by Crippen LogP contribution is 2.30. The van der Waals surface area contributed by atoms with Crippen molar-refractivity contribution in [1.29, 1.82) is 0 Å². The Morgan fingerprint density at radius 1 is 1.23 bits per heavy atom. The van der Waals surface area contributed by atoms with E-state index in [-0.39, 0.29) is 17.7 Å². The monoisotopic (exact) mass is 341 g/mol. The number of carbonyl (C=O) groups excluding carboxylic acids is 1. The molecular weight excluding hydrogens is 333 g/mol. The van der Waals surface area contributed by atoms with Gasteiger partial charge in [0.15, 0.2) is 0 Å². The van der Waals surface area contributed by atoms with Crippen LogP contribution in [0, 0.1) is 0 Å². The van der Waals surface area contributed by atoms with Crippen LogP contribution in [0.4, 0.5) is 6.01 Å². The zero-order valence-electron chi connectivity index (χ0n) is 11.0. The molecule has 9 heteroatoms. The maximum Gasteiger partial charge on any atom is 0.322 e. The molecule has 0 radical (unpaired) electrons. The number of anilines is 1. The summed E-state index contributed by atoms with van der Waals surface area (Å²) in [5, 5.41) is 10.8. The molecule has 1 N–H and O–H groups in total. The highest BCUT2D eigenvalue weighted by Gasteiger charge is 2.19. The third-order valence-corrected chi connectivity index (χ3v) is 3.23. The van der Waals surface area contributed by atoms with Crippen LogP contribution in [0.1, 0.15) is 0 Å². The van der Waals surface area contributed by atoms with Crippen molar-refractivity contribution in [2.24, 2.45) is 0 Å². The van der Waals surface area contributed by atoms with Gasteiger partial charge >= 0.3 is 6.01 Å². The average Bonchev–Trinajstić information content (AvgIpc) is 2.96. The van der Waals surface area contributed by atoms with Gasteiger partial charge in [0.05, 0.1) is 10.6 Å². The third kappa shape index (κ3) is 3.15. The summed E-state index contributed by atoms with van der Waals surface area (Å²) in [5.74, 6) is -0.348. The maximum absolute atomic E-state index is 11.9. The summed E-state index contributed by atoms with van der Waals surface area (Å²) in [7, 11) is 0. The number of aromatic nitrogens is 2. The second-order valence-electron chi connectivity index (χ2n) is 4.19. The van der Waals surface area contributed by atoms with Crippen LogP contribution >= 0.6 is 23.2 Å².